The van der Waals surface area contributed by atoms with E-state index in [2.05, 4.69) is 38.0 Å². The summed E-state index contributed by atoms with van der Waals surface area (Å²) in [6.45, 7) is 3.05. The number of aromatic nitrogens is 1. The lowest BCUT2D eigenvalue weighted by molar-refractivity contribution is 0.321. The van der Waals surface area contributed by atoms with E-state index in [0.717, 1.165) is 29.2 Å². The van der Waals surface area contributed by atoms with Gasteiger partial charge < -0.3 is 10.6 Å². The average molecular weight is 483 g/mol. The molecule has 4 rings (SSSR count). The molecule has 1 saturated heterocycles. The Morgan fingerprint density at radius 3 is 2.81 bits per heavy atom. The summed E-state index contributed by atoms with van der Waals surface area (Å²) in [5.74, 6) is 0.872. The molecule has 5 nitrogen and oxygen atoms in total. The van der Waals surface area contributed by atoms with Crippen LogP contribution in [0.1, 0.15) is 25.0 Å². The summed E-state index contributed by atoms with van der Waals surface area (Å²) in [5.41, 5.74) is 2.23. The van der Waals surface area contributed by atoms with E-state index < -0.39 is 0 Å². The molecule has 0 amide bonds. The number of likely N-dealkylation sites (tertiary alicyclic amines) is 1. The molecule has 2 aromatic rings. The molecule has 1 saturated carbocycles. The molecule has 7 heteroatoms. The lowest BCUT2D eigenvalue weighted by Gasteiger charge is -2.18. The van der Waals surface area contributed by atoms with E-state index in [1.807, 2.05) is 25.2 Å². The molecular weight excluding hydrogens is 457 g/mol. The first-order valence-corrected chi connectivity index (χ1v) is 9.91. The molecule has 1 unspecified atom stereocenters. The monoisotopic (exact) mass is 483 g/mol. The number of aliphatic imine (C=N–C) groups is 1. The van der Waals surface area contributed by atoms with Gasteiger partial charge in [0.2, 0.25) is 0 Å². The number of guanidine groups is 1. The zero-order chi connectivity index (χ0) is 17.1. The van der Waals surface area contributed by atoms with E-state index in [1.165, 1.54) is 31.4 Å². The highest BCUT2D eigenvalue weighted by molar-refractivity contribution is 14.0. The minimum absolute atomic E-state index is 0. The first-order chi connectivity index (χ1) is 12.3. The van der Waals surface area contributed by atoms with Crippen LogP contribution in [0.15, 0.2) is 40.7 Å². The number of hydrogen-bond acceptors (Lipinski definition) is 4. The zero-order valence-electron chi connectivity index (χ0n) is 15.0. The molecule has 2 heterocycles. The average Bonchev–Trinajstić information content (AvgIpc) is 3.21. The Morgan fingerprint density at radius 1 is 1.27 bits per heavy atom. The highest BCUT2D eigenvalue weighted by atomic mass is 127. The highest BCUT2D eigenvalue weighted by Gasteiger charge is 2.34. The van der Waals surface area contributed by atoms with Gasteiger partial charge >= 0.3 is 0 Å². The predicted octanol–water partition coefficient (Wildman–Crippen LogP) is 3.33. The number of hydrogen-bond donors (Lipinski definition) is 2. The third-order valence-corrected chi connectivity index (χ3v) is 5.80. The lowest BCUT2D eigenvalue weighted by Crippen LogP contribution is -2.44. The normalized spacial score (nSPS) is 20.7. The Bertz CT molecular complexity index is 729. The minimum atomic E-state index is 0. The largest absolute Gasteiger partial charge is 0.352 e. The Hall–Kier alpha value is -1.19. The van der Waals surface area contributed by atoms with Gasteiger partial charge in [-0.15, -0.1) is 35.3 Å². The van der Waals surface area contributed by atoms with Crippen LogP contribution in [0.3, 0.4) is 0 Å². The van der Waals surface area contributed by atoms with Gasteiger partial charge in [0.15, 0.2) is 5.96 Å². The second-order valence-corrected chi connectivity index (χ2v) is 7.65. The van der Waals surface area contributed by atoms with Gasteiger partial charge in [-0.25, -0.2) is 4.98 Å². The van der Waals surface area contributed by atoms with Crippen LogP contribution >= 0.6 is 35.3 Å². The summed E-state index contributed by atoms with van der Waals surface area (Å²) in [4.78, 5) is 11.7. The number of thiazole rings is 1. The fraction of sp³-hybridized carbons (Fsp3) is 0.474. The van der Waals surface area contributed by atoms with Crippen molar-refractivity contribution < 1.29 is 0 Å². The van der Waals surface area contributed by atoms with E-state index >= 15 is 0 Å². The van der Waals surface area contributed by atoms with Gasteiger partial charge in [0.1, 0.15) is 5.01 Å². The summed E-state index contributed by atoms with van der Waals surface area (Å²) < 4.78 is 0. The number of nitrogens with zero attached hydrogens (tertiary/aromatic N) is 3. The fourth-order valence-electron chi connectivity index (χ4n) is 3.34. The summed E-state index contributed by atoms with van der Waals surface area (Å²) in [6.07, 6.45) is 3.96. The minimum Gasteiger partial charge on any atom is -0.352 e. The van der Waals surface area contributed by atoms with Gasteiger partial charge in [-0.05, 0) is 19.3 Å². The maximum Gasteiger partial charge on any atom is 0.191 e. The number of nitrogens with one attached hydrogen (secondary N) is 2. The summed E-state index contributed by atoms with van der Waals surface area (Å²) in [5, 5.41) is 10.1. The van der Waals surface area contributed by atoms with Crippen LogP contribution < -0.4 is 10.6 Å². The van der Waals surface area contributed by atoms with Crippen LogP contribution in [0.5, 0.6) is 0 Å². The van der Waals surface area contributed by atoms with Gasteiger partial charge in [-0.1, -0.05) is 30.3 Å². The van der Waals surface area contributed by atoms with Crippen molar-refractivity contribution in [2.75, 3.05) is 20.1 Å². The maximum atomic E-state index is 4.73. The molecule has 26 heavy (non-hydrogen) atoms. The number of benzene rings is 1. The van der Waals surface area contributed by atoms with Crippen molar-refractivity contribution in [1.29, 1.82) is 0 Å². The van der Waals surface area contributed by atoms with Crippen molar-refractivity contribution in [2.24, 2.45) is 4.99 Å². The van der Waals surface area contributed by atoms with Gasteiger partial charge in [0.25, 0.3) is 0 Å². The molecule has 2 aliphatic rings. The lowest BCUT2D eigenvalue weighted by atomic mass is 10.2. The SMILES string of the molecule is CN=C(NCc1csc(-c2ccccc2)n1)NC1CCN(C2CC2)C1.I. The van der Waals surface area contributed by atoms with E-state index in [1.54, 1.807) is 11.3 Å². The second-order valence-electron chi connectivity index (χ2n) is 6.79. The number of halogens is 1. The standard InChI is InChI=1S/C19H25N5S.HI/c1-20-19(23-15-9-10-24(12-15)17-7-8-17)21-11-16-13-25-18(22-16)14-5-3-2-4-6-14;/h2-6,13,15,17H,7-12H2,1H3,(H2,20,21,23);1H. The Kier molecular flexibility index (Phi) is 6.88. The Labute approximate surface area is 176 Å². The van der Waals surface area contributed by atoms with Gasteiger partial charge in [0.05, 0.1) is 12.2 Å². The Morgan fingerprint density at radius 2 is 2.08 bits per heavy atom. The first-order valence-electron chi connectivity index (χ1n) is 9.03. The van der Waals surface area contributed by atoms with Crippen molar-refractivity contribution in [3.05, 3.63) is 41.4 Å². The zero-order valence-corrected chi connectivity index (χ0v) is 18.2. The van der Waals surface area contributed by atoms with Crippen LogP contribution in [0.4, 0.5) is 0 Å². The smallest absolute Gasteiger partial charge is 0.191 e. The molecule has 0 radical (unpaired) electrons. The Balaban J connectivity index is 0.00000196. The van der Waals surface area contributed by atoms with Crippen molar-refractivity contribution in [2.45, 2.75) is 37.9 Å². The quantitative estimate of drug-likeness (QED) is 0.389. The molecule has 1 aliphatic carbocycles. The first kappa shape index (κ1) is 19.6. The van der Waals surface area contributed by atoms with Crippen LogP contribution in [-0.4, -0.2) is 48.1 Å². The highest BCUT2D eigenvalue weighted by Crippen LogP contribution is 2.29. The summed E-state index contributed by atoms with van der Waals surface area (Å²) >= 11 is 1.69. The van der Waals surface area contributed by atoms with Crippen LogP contribution in [-0.2, 0) is 6.54 Å². The topological polar surface area (TPSA) is 52.6 Å². The molecule has 0 spiro atoms. The third kappa shape index (κ3) is 4.95. The van der Waals surface area contributed by atoms with E-state index in [-0.39, 0.29) is 24.0 Å². The maximum absolute atomic E-state index is 4.73. The molecule has 1 atom stereocenters. The van der Waals surface area contributed by atoms with E-state index in [9.17, 15) is 0 Å². The molecule has 140 valence electrons. The number of rotatable bonds is 5. The molecule has 0 bridgehead atoms. The molecule has 1 aliphatic heterocycles. The summed E-state index contributed by atoms with van der Waals surface area (Å²) in [6, 6.07) is 11.7. The molecule has 2 N–H and O–H groups in total. The van der Waals surface area contributed by atoms with Crippen LogP contribution in [0.2, 0.25) is 0 Å². The molecule has 1 aromatic heterocycles. The van der Waals surface area contributed by atoms with Crippen molar-refractivity contribution >= 4 is 41.3 Å². The molecular formula is C19H26IN5S. The van der Waals surface area contributed by atoms with Crippen molar-refractivity contribution in [3.8, 4) is 10.6 Å². The second kappa shape index (κ2) is 9.14. The van der Waals surface area contributed by atoms with Crippen molar-refractivity contribution in [1.82, 2.24) is 20.5 Å². The van der Waals surface area contributed by atoms with Crippen molar-refractivity contribution in [3.63, 3.8) is 0 Å². The molecule has 2 fully saturated rings. The van der Waals surface area contributed by atoms with Gasteiger partial charge in [-0.3, -0.25) is 9.89 Å². The van der Waals surface area contributed by atoms with E-state index in [0.29, 0.717) is 12.6 Å². The molecule has 1 aromatic carbocycles. The predicted molar refractivity (Wildman–Crippen MR) is 119 cm³/mol. The van der Waals surface area contributed by atoms with E-state index in [4.69, 9.17) is 4.98 Å². The van der Waals surface area contributed by atoms with Gasteiger partial charge in [0, 0.05) is 43.2 Å². The van der Waals surface area contributed by atoms with Gasteiger partial charge in [-0.2, -0.15) is 0 Å². The van der Waals surface area contributed by atoms with Crippen LogP contribution in [0, 0.1) is 0 Å². The van der Waals surface area contributed by atoms with Crippen LogP contribution in [0.25, 0.3) is 10.6 Å². The third-order valence-electron chi connectivity index (χ3n) is 4.86. The summed E-state index contributed by atoms with van der Waals surface area (Å²) in [7, 11) is 1.83. The fourth-order valence-corrected chi connectivity index (χ4v) is 4.17.